The summed E-state index contributed by atoms with van der Waals surface area (Å²) in [5, 5.41) is 9.47. The van der Waals surface area contributed by atoms with Crippen LogP contribution in [0, 0.1) is 5.92 Å². The zero-order valence-corrected chi connectivity index (χ0v) is 10.6. The lowest BCUT2D eigenvalue weighted by atomic mass is 10.0. The van der Waals surface area contributed by atoms with Crippen LogP contribution in [-0.4, -0.2) is 42.3 Å². The minimum atomic E-state index is -0.796. The Hall–Kier alpha value is -1.39. The highest BCUT2D eigenvalue weighted by atomic mass is 16.5. The first kappa shape index (κ1) is 13.1. The van der Waals surface area contributed by atoms with Crippen LogP contribution in [0.5, 0.6) is 0 Å². The molecule has 4 heteroatoms. The first-order chi connectivity index (χ1) is 8.68. The van der Waals surface area contributed by atoms with Crippen LogP contribution in [0.1, 0.15) is 18.5 Å². The Balaban J connectivity index is 2.22. The summed E-state index contributed by atoms with van der Waals surface area (Å²) in [4.78, 5) is 13.5. The maximum atomic E-state index is 11.5. The van der Waals surface area contributed by atoms with Crippen LogP contribution in [0.4, 0.5) is 0 Å². The van der Waals surface area contributed by atoms with E-state index in [1.54, 1.807) is 0 Å². The zero-order chi connectivity index (χ0) is 13.0. The largest absolute Gasteiger partial charge is 0.480 e. The summed E-state index contributed by atoms with van der Waals surface area (Å²) < 4.78 is 5.47. The lowest BCUT2D eigenvalue weighted by Gasteiger charge is -2.28. The van der Waals surface area contributed by atoms with Crippen molar-refractivity contribution in [3.8, 4) is 0 Å². The van der Waals surface area contributed by atoms with Crippen molar-refractivity contribution in [3.05, 3.63) is 35.9 Å². The Labute approximate surface area is 107 Å². The van der Waals surface area contributed by atoms with Gasteiger partial charge in [0.15, 0.2) is 0 Å². The molecule has 1 N–H and O–H groups in total. The fourth-order valence-corrected chi connectivity index (χ4v) is 2.39. The monoisotopic (exact) mass is 249 g/mol. The van der Waals surface area contributed by atoms with Crippen molar-refractivity contribution in [2.24, 2.45) is 5.92 Å². The fraction of sp³-hybridized carbons (Fsp3) is 0.500. The summed E-state index contributed by atoms with van der Waals surface area (Å²) >= 11 is 0. The van der Waals surface area contributed by atoms with Gasteiger partial charge in [-0.05, 0) is 11.5 Å². The van der Waals surface area contributed by atoms with Gasteiger partial charge in [0.25, 0.3) is 0 Å². The number of ether oxygens (including phenoxy) is 1. The highest BCUT2D eigenvalue weighted by Crippen LogP contribution is 2.23. The van der Waals surface area contributed by atoms with Crippen molar-refractivity contribution in [1.82, 2.24) is 4.90 Å². The number of aliphatic carboxylic acids is 1. The van der Waals surface area contributed by atoms with Crippen LogP contribution in [0.2, 0.25) is 0 Å². The minimum absolute atomic E-state index is 0.359. The van der Waals surface area contributed by atoms with Crippen molar-refractivity contribution < 1.29 is 14.6 Å². The Morgan fingerprint density at radius 1 is 1.44 bits per heavy atom. The maximum Gasteiger partial charge on any atom is 0.325 e. The second-order valence-electron chi connectivity index (χ2n) is 4.83. The fourth-order valence-electron chi connectivity index (χ4n) is 2.39. The van der Waals surface area contributed by atoms with Gasteiger partial charge in [0, 0.05) is 13.1 Å². The van der Waals surface area contributed by atoms with Crippen molar-refractivity contribution >= 4 is 5.97 Å². The third-order valence-electron chi connectivity index (χ3n) is 3.19. The first-order valence-electron chi connectivity index (χ1n) is 6.28. The number of rotatable bonds is 3. The van der Waals surface area contributed by atoms with Crippen molar-refractivity contribution in [2.75, 3.05) is 26.3 Å². The van der Waals surface area contributed by atoms with Gasteiger partial charge in [0.1, 0.15) is 6.04 Å². The molecule has 0 amide bonds. The standard InChI is InChI=1S/C14H19NO3/c1-11-9-15(7-8-18-10-11)13(14(16)17)12-5-3-2-4-6-12/h2-6,11,13H,7-10H2,1H3,(H,16,17). The molecule has 0 spiro atoms. The van der Waals surface area contributed by atoms with Gasteiger partial charge in [-0.2, -0.15) is 0 Å². The number of carbonyl (C=O) groups is 1. The van der Waals surface area contributed by atoms with E-state index in [4.69, 9.17) is 4.74 Å². The molecule has 2 atom stereocenters. The van der Waals surface area contributed by atoms with E-state index in [9.17, 15) is 9.90 Å². The van der Waals surface area contributed by atoms with Crippen LogP contribution >= 0.6 is 0 Å². The van der Waals surface area contributed by atoms with Crippen LogP contribution < -0.4 is 0 Å². The summed E-state index contributed by atoms with van der Waals surface area (Å²) in [6, 6.07) is 8.82. The number of hydrogen-bond donors (Lipinski definition) is 1. The smallest absolute Gasteiger partial charge is 0.325 e. The van der Waals surface area contributed by atoms with E-state index in [-0.39, 0.29) is 0 Å². The normalized spacial score (nSPS) is 23.3. The number of nitrogens with zero attached hydrogens (tertiary/aromatic N) is 1. The highest BCUT2D eigenvalue weighted by Gasteiger charge is 2.29. The molecule has 1 aromatic carbocycles. The molecule has 1 fully saturated rings. The van der Waals surface area contributed by atoms with E-state index >= 15 is 0 Å². The van der Waals surface area contributed by atoms with Gasteiger partial charge in [-0.25, -0.2) is 0 Å². The molecule has 2 rings (SSSR count). The van der Waals surface area contributed by atoms with Gasteiger partial charge in [-0.15, -0.1) is 0 Å². The predicted octanol–water partition coefficient (Wildman–Crippen LogP) is 1.78. The lowest BCUT2D eigenvalue weighted by molar-refractivity contribution is -0.143. The number of carboxylic acid groups (broad SMARTS) is 1. The Kier molecular flexibility index (Phi) is 4.33. The van der Waals surface area contributed by atoms with E-state index in [0.29, 0.717) is 25.7 Å². The summed E-state index contributed by atoms with van der Waals surface area (Å²) in [5.41, 5.74) is 0.833. The molecule has 0 saturated carbocycles. The van der Waals surface area contributed by atoms with Gasteiger partial charge in [0.2, 0.25) is 0 Å². The SMILES string of the molecule is CC1COCCN(C(C(=O)O)c2ccccc2)C1. The second-order valence-corrected chi connectivity index (χ2v) is 4.83. The molecule has 1 aromatic rings. The van der Waals surface area contributed by atoms with Crippen LogP contribution in [-0.2, 0) is 9.53 Å². The second kappa shape index (κ2) is 5.98. The molecular weight excluding hydrogens is 230 g/mol. The molecule has 0 aromatic heterocycles. The first-order valence-corrected chi connectivity index (χ1v) is 6.28. The molecule has 0 radical (unpaired) electrons. The summed E-state index contributed by atoms with van der Waals surface area (Å²) in [7, 11) is 0. The number of carboxylic acids is 1. The molecule has 1 aliphatic heterocycles. The van der Waals surface area contributed by atoms with Crippen LogP contribution in [0.25, 0.3) is 0 Å². The van der Waals surface area contributed by atoms with Gasteiger partial charge >= 0.3 is 5.97 Å². The van der Waals surface area contributed by atoms with Gasteiger partial charge in [-0.3, -0.25) is 9.69 Å². The van der Waals surface area contributed by atoms with E-state index in [2.05, 4.69) is 6.92 Å². The highest BCUT2D eigenvalue weighted by molar-refractivity contribution is 5.75. The minimum Gasteiger partial charge on any atom is -0.480 e. The van der Waals surface area contributed by atoms with E-state index in [0.717, 1.165) is 12.1 Å². The molecule has 1 heterocycles. The molecule has 2 unspecified atom stereocenters. The van der Waals surface area contributed by atoms with Crippen molar-refractivity contribution in [1.29, 1.82) is 0 Å². The van der Waals surface area contributed by atoms with Gasteiger partial charge in [-0.1, -0.05) is 37.3 Å². The number of benzene rings is 1. The molecule has 4 nitrogen and oxygen atoms in total. The van der Waals surface area contributed by atoms with Gasteiger partial charge < -0.3 is 9.84 Å². The molecule has 1 saturated heterocycles. The quantitative estimate of drug-likeness (QED) is 0.887. The zero-order valence-electron chi connectivity index (χ0n) is 10.6. The van der Waals surface area contributed by atoms with Gasteiger partial charge in [0.05, 0.1) is 13.2 Å². The molecule has 98 valence electrons. The predicted molar refractivity (Wildman–Crippen MR) is 68.4 cm³/mol. The molecular formula is C14H19NO3. The average Bonchev–Trinajstić information content (AvgIpc) is 2.55. The summed E-state index contributed by atoms with van der Waals surface area (Å²) in [6.07, 6.45) is 0. The van der Waals surface area contributed by atoms with E-state index in [1.165, 1.54) is 0 Å². The average molecular weight is 249 g/mol. The topological polar surface area (TPSA) is 49.8 Å². The molecule has 18 heavy (non-hydrogen) atoms. The van der Waals surface area contributed by atoms with Crippen molar-refractivity contribution in [3.63, 3.8) is 0 Å². The summed E-state index contributed by atoms with van der Waals surface area (Å²) in [6.45, 7) is 4.81. The Morgan fingerprint density at radius 3 is 2.83 bits per heavy atom. The third kappa shape index (κ3) is 3.09. The lowest BCUT2D eigenvalue weighted by Crippen LogP contribution is -2.37. The summed E-state index contributed by atoms with van der Waals surface area (Å²) in [5.74, 6) is -0.437. The van der Waals surface area contributed by atoms with Crippen LogP contribution in [0.15, 0.2) is 30.3 Å². The molecule has 1 aliphatic rings. The number of hydrogen-bond acceptors (Lipinski definition) is 3. The van der Waals surface area contributed by atoms with Crippen LogP contribution in [0.3, 0.4) is 0 Å². The van der Waals surface area contributed by atoms with E-state index in [1.807, 2.05) is 35.2 Å². The third-order valence-corrected chi connectivity index (χ3v) is 3.19. The molecule has 0 bridgehead atoms. The van der Waals surface area contributed by atoms with E-state index < -0.39 is 12.0 Å². The Bertz CT molecular complexity index is 393. The maximum absolute atomic E-state index is 11.5. The Morgan fingerprint density at radius 2 is 2.17 bits per heavy atom. The van der Waals surface area contributed by atoms with Crippen molar-refractivity contribution in [2.45, 2.75) is 13.0 Å². The molecule has 0 aliphatic carbocycles.